The Kier molecular flexibility index (Phi) is 3.51. The van der Waals surface area contributed by atoms with Crippen molar-refractivity contribution in [3.05, 3.63) is 59.6 Å². The van der Waals surface area contributed by atoms with Crippen molar-refractivity contribution in [1.29, 1.82) is 0 Å². The number of nitrogens with two attached hydrogens (primary N) is 1. The number of rotatable bonds is 4. The van der Waals surface area contributed by atoms with E-state index in [1.54, 1.807) is 6.07 Å². The molecule has 1 unspecified atom stereocenters. The number of halogens is 2. The van der Waals surface area contributed by atoms with E-state index in [0.717, 1.165) is 17.7 Å². The third-order valence-corrected chi connectivity index (χ3v) is 2.58. The van der Waals surface area contributed by atoms with Crippen LogP contribution in [-0.2, 0) is 6.42 Å². The van der Waals surface area contributed by atoms with Gasteiger partial charge < -0.3 is 4.42 Å². The molecule has 0 fully saturated rings. The van der Waals surface area contributed by atoms with Gasteiger partial charge in [-0.05, 0) is 36.2 Å². The summed E-state index contributed by atoms with van der Waals surface area (Å²) >= 11 is 0. The predicted octanol–water partition coefficient (Wildman–Crippen LogP) is 2.30. The van der Waals surface area contributed by atoms with Crippen LogP contribution in [0.4, 0.5) is 8.78 Å². The molecular formula is C12H12F2N2O. The zero-order valence-electron chi connectivity index (χ0n) is 8.99. The molecule has 1 heterocycles. The molecule has 90 valence electrons. The summed E-state index contributed by atoms with van der Waals surface area (Å²) in [6.45, 7) is 0. The molecule has 0 saturated carbocycles. The average molecular weight is 238 g/mol. The SMILES string of the molecule is NNC(Cc1cc(F)ccc1F)c1ccoc1. The van der Waals surface area contributed by atoms with Crippen LogP contribution in [0.3, 0.4) is 0 Å². The van der Waals surface area contributed by atoms with Gasteiger partial charge in [0.05, 0.1) is 18.6 Å². The van der Waals surface area contributed by atoms with Crippen molar-refractivity contribution in [2.24, 2.45) is 5.84 Å². The van der Waals surface area contributed by atoms with E-state index < -0.39 is 11.6 Å². The minimum absolute atomic E-state index is 0.250. The Hall–Kier alpha value is -1.72. The van der Waals surface area contributed by atoms with E-state index in [4.69, 9.17) is 10.3 Å². The van der Waals surface area contributed by atoms with Gasteiger partial charge >= 0.3 is 0 Å². The first kappa shape index (κ1) is 11.8. The molecule has 0 aliphatic carbocycles. The summed E-state index contributed by atoms with van der Waals surface area (Å²) < 4.78 is 31.4. The Labute approximate surface area is 97.2 Å². The molecule has 2 aromatic rings. The van der Waals surface area contributed by atoms with Crippen LogP contribution < -0.4 is 11.3 Å². The topological polar surface area (TPSA) is 51.2 Å². The highest BCUT2D eigenvalue weighted by Gasteiger charge is 2.14. The first-order valence-corrected chi connectivity index (χ1v) is 5.13. The molecule has 0 aliphatic rings. The van der Waals surface area contributed by atoms with E-state index in [-0.39, 0.29) is 18.0 Å². The normalized spacial score (nSPS) is 12.6. The molecule has 0 bridgehead atoms. The lowest BCUT2D eigenvalue weighted by molar-refractivity contribution is 0.509. The smallest absolute Gasteiger partial charge is 0.126 e. The Balaban J connectivity index is 2.21. The standard InChI is InChI=1S/C12H12F2N2O/c13-10-1-2-11(14)9(5-10)6-12(16-15)8-3-4-17-7-8/h1-5,7,12,16H,6,15H2. The fourth-order valence-corrected chi connectivity index (χ4v) is 1.67. The quantitative estimate of drug-likeness (QED) is 0.634. The molecule has 1 aromatic heterocycles. The van der Waals surface area contributed by atoms with Gasteiger partial charge in [0, 0.05) is 5.56 Å². The fraction of sp³-hybridized carbons (Fsp3) is 0.167. The number of nitrogens with one attached hydrogen (secondary N) is 1. The molecule has 0 aliphatic heterocycles. The van der Waals surface area contributed by atoms with E-state index in [1.807, 2.05) is 0 Å². The van der Waals surface area contributed by atoms with Gasteiger partial charge in [0.2, 0.25) is 0 Å². The van der Waals surface area contributed by atoms with Crippen molar-refractivity contribution in [3.63, 3.8) is 0 Å². The van der Waals surface area contributed by atoms with Gasteiger partial charge in [-0.2, -0.15) is 0 Å². The average Bonchev–Trinajstić information content (AvgIpc) is 2.84. The van der Waals surface area contributed by atoms with E-state index in [0.29, 0.717) is 0 Å². The third-order valence-electron chi connectivity index (χ3n) is 2.58. The van der Waals surface area contributed by atoms with Crippen molar-refractivity contribution in [2.45, 2.75) is 12.5 Å². The van der Waals surface area contributed by atoms with E-state index >= 15 is 0 Å². The zero-order chi connectivity index (χ0) is 12.3. The number of furan rings is 1. The lowest BCUT2D eigenvalue weighted by Crippen LogP contribution is -2.29. The number of hydrogen-bond donors (Lipinski definition) is 2. The minimum atomic E-state index is -0.468. The molecule has 3 N–H and O–H groups in total. The summed E-state index contributed by atoms with van der Waals surface area (Å²) in [5.41, 5.74) is 3.61. The summed E-state index contributed by atoms with van der Waals surface area (Å²) in [6, 6.07) is 4.77. The second-order valence-corrected chi connectivity index (χ2v) is 3.72. The van der Waals surface area contributed by atoms with Crippen molar-refractivity contribution in [1.82, 2.24) is 5.43 Å². The van der Waals surface area contributed by atoms with Crippen LogP contribution in [0.5, 0.6) is 0 Å². The summed E-state index contributed by atoms with van der Waals surface area (Å²) in [5.74, 6) is 4.47. The summed E-state index contributed by atoms with van der Waals surface area (Å²) in [7, 11) is 0. The van der Waals surface area contributed by atoms with E-state index in [9.17, 15) is 8.78 Å². The Bertz CT molecular complexity index is 485. The molecular weight excluding hydrogens is 226 g/mol. The molecule has 0 radical (unpaired) electrons. The molecule has 0 amide bonds. The van der Waals surface area contributed by atoms with Gasteiger partial charge in [0.25, 0.3) is 0 Å². The van der Waals surface area contributed by atoms with Crippen LogP contribution >= 0.6 is 0 Å². The van der Waals surface area contributed by atoms with Crippen LogP contribution in [0, 0.1) is 11.6 Å². The summed E-state index contributed by atoms with van der Waals surface area (Å²) in [5, 5.41) is 0. The Morgan fingerprint density at radius 1 is 1.29 bits per heavy atom. The molecule has 0 saturated heterocycles. The Morgan fingerprint density at radius 3 is 2.76 bits per heavy atom. The monoisotopic (exact) mass is 238 g/mol. The van der Waals surface area contributed by atoms with Gasteiger partial charge in [0.15, 0.2) is 0 Å². The number of hydrogen-bond acceptors (Lipinski definition) is 3. The van der Waals surface area contributed by atoms with Gasteiger partial charge in [-0.25, -0.2) is 8.78 Å². The van der Waals surface area contributed by atoms with Gasteiger partial charge in [-0.1, -0.05) is 0 Å². The van der Waals surface area contributed by atoms with Crippen molar-refractivity contribution < 1.29 is 13.2 Å². The van der Waals surface area contributed by atoms with Crippen LogP contribution in [-0.4, -0.2) is 0 Å². The fourth-order valence-electron chi connectivity index (χ4n) is 1.67. The van der Waals surface area contributed by atoms with Gasteiger partial charge in [-0.3, -0.25) is 11.3 Å². The summed E-state index contributed by atoms with van der Waals surface area (Å²) in [6.07, 6.45) is 3.27. The maximum atomic E-state index is 13.4. The molecule has 1 atom stereocenters. The largest absolute Gasteiger partial charge is 0.472 e. The zero-order valence-corrected chi connectivity index (χ0v) is 8.99. The van der Waals surface area contributed by atoms with Crippen molar-refractivity contribution in [3.8, 4) is 0 Å². The molecule has 0 spiro atoms. The van der Waals surface area contributed by atoms with E-state index in [1.165, 1.54) is 18.6 Å². The first-order valence-electron chi connectivity index (χ1n) is 5.13. The highest BCUT2D eigenvalue weighted by Crippen LogP contribution is 2.20. The molecule has 2 rings (SSSR count). The van der Waals surface area contributed by atoms with Crippen LogP contribution in [0.25, 0.3) is 0 Å². The minimum Gasteiger partial charge on any atom is -0.472 e. The van der Waals surface area contributed by atoms with E-state index in [2.05, 4.69) is 5.43 Å². The Morgan fingerprint density at radius 2 is 2.12 bits per heavy atom. The maximum Gasteiger partial charge on any atom is 0.126 e. The van der Waals surface area contributed by atoms with Crippen LogP contribution in [0.2, 0.25) is 0 Å². The lowest BCUT2D eigenvalue weighted by Gasteiger charge is -2.14. The molecule has 1 aromatic carbocycles. The third kappa shape index (κ3) is 2.69. The highest BCUT2D eigenvalue weighted by atomic mass is 19.1. The second kappa shape index (κ2) is 5.07. The molecule has 5 heteroatoms. The van der Waals surface area contributed by atoms with Crippen molar-refractivity contribution >= 4 is 0 Å². The van der Waals surface area contributed by atoms with Crippen molar-refractivity contribution in [2.75, 3.05) is 0 Å². The van der Waals surface area contributed by atoms with Gasteiger partial charge in [0.1, 0.15) is 11.6 Å². The maximum absolute atomic E-state index is 13.4. The lowest BCUT2D eigenvalue weighted by atomic mass is 10.0. The second-order valence-electron chi connectivity index (χ2n) is 3.72. The van der Waals surface area contributed by atoms with Crippen LogP contribution in [0.1, 0.15) is 17.2 Å². The predicted molar refractivity (Wildman–Crippen MR) is 58.8 cm³/mol. The number of hydrazine groups is 1. The molecule has 17 heavy (non-hydrogen) atoms. The first-order chi connectivity index (χ1) is 8.20. The van der Waals surface area contributed by atoms with Crippen LogP contribution in [0.15, 0.2) is 41.2 Å². The van der Waals surface area contributed by atoms with Gasteiger partial charge in [-0.15, -0.1) is 0 Å². The summed E-state index contributed by atoms with van der Waals surface area (Å²) in [4.78, 5) is 0. The highest BCUT2D eigenvalue weighted by molar-refractivity contribution is 5.23. The number of benzene rings is 1. The molecule has 3 nitrogen and oxygen atoms in total.